The van der Waals surface area contributed by atoms with Crippen molar-refractivity contribution in [2.75, 3.05) is 53.0 Å². The molecule has 3 amide bonds. The Kier molecular flexibility index (Phi) is 7.65. The van der Waals surface area contributed by atoms with Crippen molar-refractivity contribution in [3.63, 3.8) is 0 Å². The fraction of sp³-hybridized carbons (Fsp3) is 0.824. The van der Waals surface area contributed by atoms with Gasteiger partial charge in [0.15, 0.2) is 0 Å². The molecule has 0 aromatic carbocycles. The van der Waals surface area contributed by atoms with Gasteiger partial charge in [-0.15, -0.1) is 0 Å². The second-order valence-electron chi connectivity index (χ2n) is 6.88. The average molecular weight is 370 g/mol. The van der Waals surface area contributed by atoms with Crippen molar-refractivity contribution < 1.29 is 24.2 Å². The van der Waals surface area contributed by atoms with Crippen LogP contribution in [0, 0.1) is 0 Å². The SMILES string of the molecule is CCN(CC(=O)O)C1CC(NC(=O)N2CCCN(CCOC)C(=O)C2)C1. The number of hydrogen-bond acceptors (Lipinski definition) is 5. The van der Waals surface area contributed by atoms with Crippen molar-refractivity contribution in [2.24, 2.45) is 0 Å². The van der Waals surface area contributed by atoms with Crippen LogP contribution >= 0.6 is 0 Å². The summed E-state index contributed by atoms with van der Waals surface area (Å²) in [5.41, 5.74) is 0. The molecule has 2 N–H and O–H groups in total. The van der Waals surface area contributed by atoms with Crippen LogP contribution in [0.1, 0.15) is 26.2 Å². The first kappa shape index (κ1) is 20.4. The molecule has 1 aliphatic heterocycles. The highest BCUT2D eigenvalue weighted by molar-refractivity contribution is 5.84. The van der Waals surface area contributed by atoms with Gasteiger partial charge < -0.3 is 25.0 Å². The summed E-state index contributed by atoms with van der Waals surface area (Å²) < 4.78 is 5.02. The molecular weight excluding hydrogens is 340 g/mol. The fourth-order valence-electron chi connectivity index (χ4n) is 3.47. The van der Waals surface area contributed by atoms with Gasteiger partial charge in [0.05, 0.1) is 13.2 Å². The third-order valence-electron chi connectivity index (χ3n) is 5.09. The summed E-state index contributed by atoms with van der Waals surface area (Å²) in [5.74, 6) is -0.889. The van der Waals surface area contributed by atoms with Crippen molar-refractivity contribution in [1.29, 1.82) is 0 Å². The van der Waals surface area contributed by atoms with Gasteiger partial charge in [0.1, 0.15) is 6.54 Å². The van der Waals surface area contributed by atoms with E-state index in [2.05, 4.69) is 5.32 Å². The highest BCUT2D eigenvalue weighted by Crippen LogP contribution is 2.25. The Bertz CT molecular complexity index is 509. The van der Waals surface area contributed by atoms with E-state index in [1.54, 1.807) is 16.9 Å². The van der Waals surface area contributed by atoms with Crippen LogP contribution in [0.4, 0.5) is 4.79 Å². The van der Waals surface area contributed by atoms with Crippen molar-refractivity contribution in [3.05, 3.63) is 0 Å². The molecule has 2 fully saturated rings. The molecule has 9 heteroatoms. The molecule has 2 rings (SSSR count). The first-order valence-electron chi connectivity index (χ1n) is 9.22. The Labute approximate surface area is 154 Å². The summed E-state index contributed by atoms with van der Waals surface area (Å²) in [4.78, 5) is 40.8. The normalized spacial score (nSPS) is 23.6. The molecule has 0 unspecified atom stereocenters. The van der Waals surface area contributed by atoms with Gasteiger partial charge in [0, 0.05) is 38.8 Å². The maximum atomic E-state index is 12.5. The van der Waals surface area contributed by atoms with Crippen LogP contribution in [0.3, 0.4) is 0 Å². The monoisotopic (exact) mass is 370 g/mol. The van der Waals surface area contributed by atoms with Gasteiger partial charge in [-0.25, -0.2) is 4.79 Å². The summed E-state index contributed by atoms with van der Waals surface area (Å²) in [6.07, 6.45) is 2.24. The van der Waals surface area contributed by atoms with Gasteiger partial charge in [-0.2, -0.15) is 0 Å². The number of methoxy groups -OCH3 is 1. The topological polar surface area (TPSA) is 102 Å². The molecule has 0 atom stereocenters. The van der Waals surface area contributed by atoms with Gasteiger partial charge in [-0.05, 0) is 25.8 Å². The van der Waals surface area contributed by atoms with Crippen molar-refractivity contribution in [3.8, 4) is 0 Å². The van der Waals surface area contributed by atoms with Crippen LogP contribution in [-0.4, -0.2) is 103 Å². The number of nitrogens with one attached hydrogen (secondary N) is 1. The Morgan fingerprint density at radius 3 is 2.69 bits per heavy atom. The number of amides is 3. The number of nitrogens with zero attached hydrogens (tertiary/aromatic N) is 3. The Balaban J connectivity index is 1.76. The standard InChI is InChI=1S/C17H30N4O5/c1-3-19(12-16(23)24)14-9-13(10-14)18-17(25)21-6-4-5-20(7-8-26-2)15(22)11-21/h13-14H,3-12H2,1-2H3,(H,18,25)(H,23,24). The van der Waals surface area contributed by atoms with Crippen LogP contribution in [0.15, 0.2) is 0 Å². The number of carboxylic acid groups (broad SMARTS) is 1. The van der Waals surface area contributed by atoms with Crippen molar-refractivity contribution >= 4 is 17.9 Å². The molecule has 0 radical (unpaired) electrons. The zero-order valence-electron chi connectivity index (χ0n) is 15.6. The lowest BCUT2D eigenvalue weighted by molar-refractivity contribution is -0.139. The quantitative estimate of drug-likeness (QED) is 0.614. The summed E-state index contributed by atoms with van der Waals surface area (Å²) in [7, 11) is 1.60. The van der Waals surface area contributed by atoms with Crippen LogP contribution in [0.5, 0.6) is 0 Å². The molecule has 0 bridgehead atoms. The largest absolute Gasteiger partial charge is 0.480 e. The Morgan fingerprint density at radius 1 is 1.35 bits per heavy atom. The van der Waals surface area contributed by atoms with E-state index in [9.17, 15) is 14.4 Å². The van der Waals surface area contributed by atoms with E-state index in [-0.39, 0.29) is 37.1 Å². The highest BCUT2D eigenvalue weighted by atomic mass is 16.5. The molecule has 1 saturated carbocycles. The summed E-state index contributed by atoms with van der Waals surface area (Å²) in [6.45, 7) is 4.96. The minimum absolute atomic E-state index is 0.0275. The Hall–Kier alpha value is -1.87. The van der Waals surface area contributed by atoms with Gasteiger partial charge in [0.25, 0.3) is 0 Å². The zero-order chi connectivity index (χ0) is 19.1. The molecule has 0 aromatic heterocycles. The minimum Gasteiger partial charge on any atom is -0.480 e. The van der Waals surface area contributed by atoms with Crippen LogP contribution < -0.4 is 5.32 Å². The zero-order valence-corrected chi connectivity index (χ0v) is 15.6. The Morgan fingerprint density at radius 2 is 2.08 bits per heavy atom. The van der Waals surface area contributed by atoms with E-state index in [0.29, 0.717) is 32.8 Å². The lowest BCUT2D eigenvalue weighted by atomic mass is 9.85. The molecule has 26 heavy (non-hydrogen) atoms. The average Bonchev–Trinajstić information content (AvgIpc) is 2.75. The van der Waals surface area contributed by atoms with Gasteiger partial charge >= 0.3 is 12.0 Å². The number of aliphatic carboxylic acids is 1. The van der Waals surface area contributed by atoms with Crippen LogP contribution in [0.25, 0.3) is 0 Å². The molecule has 0 aromatic rings. The van der Waals surface area contributed by atoms with E-state index >= 15 is 0 Å². The van der Waals surface area contributed by atoms with Gasteiger partial charge in [-0.1, -0.05) is 6.92 Å². The molecule has 148 valence electrons. The highest BCUT2D eigenvalue weighted by Gasteiger charge is 2.36. The van der Waals surface area contributed by atoms with E-state index in [0.717, 1.165) is 19.3 Å². The number of carbonyl (C=O) groups is 3. The summed E-state index contributed by atoms with van der Waals surface area (Å²) >= 11 is 0. The fourth-order valence-corrected chi connectivity index (χ4v) is 3.47. The van der Waals surface area contributed by atoms with Crippen LogP contribution in [0.2, 0.25) is 0 Å². The van der Waals surface area contributed by atoms with E-state index in [1.807, 2.05) is 11.8 Å². The molecule has 1 heterocycles. The lowest BCUT2D eigenvalue weighted by Gasteiger charge is -2.42. The van der Waals surface area contributed by atoms with E-state index in [1.165, 1.54) is 0 Å². The van der Waals surface area contributed by atoms with E-state index in [4.69, 9.17) is 9.84 Å². The minimum atomic E-state index is -0.833. The number of hydrogen-bond donors (Lipinski definition) is 2. The number of rotatable bonds is 8. The lowest BCUT2D eigenvalue weighted by Crippen LogP contribution is -2.57. The molecule has 1 aliphatic carbocycles. The van der Waals surface area contributed by atoms with E-state index < -0.39 is 5.97 Å². The molecule has 0 spiro atoms. The van der Waals surface area contributed by atoms with Crippen molar-refractivity contribution in [1.82, 2.24) is 20.0 Å². The number of likely N-dealkylation sites (N-methyl/N-ethyl adjacent to an activating group) is 1. The maximum Gasteiger partial charge on any atom is 0.318 e. The van der Waals surface area contributed by atoms with Crippen LogP contribution in [-0.2, 0) is 14.3 Å². The van der Waals surface area contributed by atoms with Crippen molar-refractivity contribution in [2.45, 2.75) is 38.3 Å². The number of ether oxygens (including phenoxy) is 1. The predicted molar refractivity (Wildman–Crippen MR) is 94.9 cm³/mol. The number of carbonyl (C=O) groups excluding carboxylic acids is 2. The molecule has 2 aliphatic rings. The number of urea groups is 1. The van der Waals surface area contributed by atoms with Gasteiger partial charge in [-0.3, -0.25) is 14.5 Å². The molecule has 1 saturated heterocycles. The third kappa shape index (κ3) is 5.57. The molecule has 9 nitrogen and oxygen atoms in total. The maximum absolute atomic E-state index is 12.5. The smallest absolute Gasteiger partial charge is 0.318 e. The summed E-state index contributed by atoms with van der Waals surface area (Å²) in [6, 6.07) is 0.0201. The molecular formula is C17H30N4O5. The first-order chi connectivity index (χ1) is 12.4. The second-order valence-corrected chi connectivity index (χ2v) is 6.88. The van der Waals surface area contributed by atoms with Gasteiger partial charge in [0.2, 0.25) is 5.91 Å². The third-order valence-corrected chi connectivity index (χ3v) is 5.09. The first-order valence-corrected chi connectivity index (χ1v) is 9.22. The number of carboxylic acids is 1. The second kappa shape index (κ2) is 9.72. The summed E-state index contributed by atoms with van der Waals surface area (Å²) in [5, 5.41) is 11.9. The predicted octanol–water partition coefficient (Wildman–Crippen LogP) is -0.186.